The lowest BCUT2D eigenvalue weighted by Crippen LogP contribution is -2.51. The second-order valence-corrected chi connectivity index (χ2v) is 7.32. The molecule has 0 aliphatic carbocycles. The number of hydrogen-bond donors (Lipinski definition) is 0. The number of hydrogen-bond acceptors (Lipinski definition) is 4. The Hall–Kier alpha value is -1.40. The summed E-state index contributed by atoms with van der Waals surface area (Å²) in [6.45, 7) is 3.32. The lowest BCUT2D eigenvalue weighted by Gasteiger charge is -2.39. The summed E-state index contributed by atoms with van der Waals surface area (Å²) in [6, 6.07) is 1.99. The molecule has 2 amide bonds. The van der Waals surface area contributed by atoms with Crippen LogP contribution in [0.3, 0.4) is 0 Å². The van der Waals surface area contributed by atoms with E-state index in [0.29, 0.717) is 32.7 Å². The number of carbonyl (C=O) groups is 2. The van der Waals surface area contributed by atoms with Crippen molar-refractivity contribution in [3.63, 3.8) is 0 Å². The summed E-state index contributed by atoms with van der Waals surface area (Å²) in [5.41, 5.74) is 0.716. The number of ether oxygens (including phenoxy) is 1. The lowest BCUT2D eigenvalue weighted by molar-refractivity contribution is -0.146. The van der Waals surface area contributed by atoms with Crippen LogP contribution in [-0.2, 0) is 20.7 Å². The second kappa shape index (κ2) is 7.01. The van der Waals surface area contributed by atoms with Gasteiger partial charge in [0.1, 0.15) is 0 Å². The van der Waals surface area contributed by atoms with E-state index in [0.717, 1.165) is 31.4 Å². The van der Waals surface area contributed by atoms with E-state index in [1.807, 2.05) is 26.6 Å². The van der Waals surface area contributed by atoms with Gasteiger partial charge in [-0.3, -0.25) is 9.59 Å². The minimum Gasteiger partial charge on any atom is -0.383 e. The molecule has 1 aromatic heterocycles. The molecule has 3 heterocycles. The summed E-state index contributed by atoms with van der Waals surface area (Å²) >= 11 is 1.61. The van der Waals surface area contributed by atoms with Crippen LogP contribution in [0.1, 0.15) is 24.8 Å². The van der Waals surface area contributed by atoms with Crippen LogP contribution < -0.4 is 0 Å². The SMILES string of the molecule is COCCN1CCCC2(CCN(C(=O)Cc3ccsc3)C2)C1=O. The first-order valence-electron chi connectivity index (χ1n) is 8.22. The van der Waals surface area contributed by atoms with Gasteiger partial charge in [0.15, 0.2) is 0 Å². The Labute approximate surface area is 141 Å². The van der Waals surface area contributed by atoms with E-state index in [1.165, 1.54) is 0 Å². The largest absolute Gasteiger partial charge is 0.383 e. The first kappa shape index (κ1) is 16.5. The minimum atomic E-state index is -0.351. The molecule has 6 heteroatoms. The Morgan fingerprint density at radius 2 is 2.26 bits per heavy atom. The average Bonchev–Trinajstić information content (AvgIpc) is 3.19. The van der Waals surface area contributed by atoms with Crippen LogP contribution in [-0.4, -0.2) is 61.5 Å². The number of thiophene rings is 1. The minimum absolute atomic E-state index is 0.141. The number of piperidine rings is 1. The van der Waals surface area contributed by atoms with E-state index >= 15 is 0 Å². The molecule has 126 valence electrons. The van der Waals surface area contributed by atoms with Gasteiger partial charge < -0.3 is 14.5 Å². The molecule has 5 nitrogen and oxygen atoms in total. The van der Waals surface area contributed by atoms with Crippen LogP contribution in [0.2, 0.25) is 0 Å². The molecule has 0 bridgehead atoms. The Morgan fingerprint density at radius 1 is 1.39 bits per heavy atom. The Bertz CT molecular complexity index is 560. The third-order valence-electron chi connectivity index (χ3n) is 5.03. The van der Waals surface area contributed by atoms with Crippen LogP contribution in [0, 0.1) is 5.41 Å². The maximum atomic E-state index is 12.9. The van der Waals surface area contributed by atoms with Gasteiger partial charge in [-0.1, -0.05) is 0 Å². The third-order valence-corrected chi connectivity index (χ3v) is 5.76. The topological polar surface area (TPSA) is 49.9 Å². The van der Waals surface area contributed by atoms with E-state index in [9.17, 15) is 9.59 Å². The summed E-state index contributed by atoms with van der Waals surface area (Å²) in [6.07, 6.45) is 3.16. The Balaban J connectivity index is 1.63. The van der Waals surface area contributed by atoms with Crippen molar-refractivity contribution in [2.75, 3.05) is 39.9 Å². The van der Waals surface area contributed by atoms with Gasteiger partial charge in [0.2, 0.25) is 11.8 Å². The predicted molar refractivity (Wildman–Crippen MR) is 89.3 cm³/mol. The van der Waals surface area contributed by atoms with Crippen molar-refractivity contribution in [1.29, 1.82) is 0 Å². The fourth-order valence-corrected chi connectivity index (χ4v) is 4.38. The quantitative estimate of drug-likeness (QED) is 0.823. The van der Waals surface area contributed by atoms with Crippen molar-refractivity contribution in [3.05, 3.63) is 22.4 Å². The molecule has 0 aromatic carbocycles. The highest BCUT2D eigenvalue weighted by Crippen LogP contribution is 2.40. The smallest absolute Gasteiger partial charge is 0.230 e. The standard InChI is InChI=1S/C17H24N2O3S/c1-22-9-8-18-6-2-4-17(16(18)21)5-7-19(13-17)15(20)11-14-3-10-23-12-14/h3,10,12H,2,4-9,11,13H2,1H3. The number of rotatable bonds is 5. The molecule has 1 unspecified atom stereocenters. The summed E-state index contributed by atoms with van der Waals surface area (Å²) in [7, 11) is 1.66. The van der Waals surface area contributed by atoms with E-state index in [4.69, 9.17) is 4.74 Å². The average molecular weight is 336 g/mol. The van der Waals surface area contributed by atoms with E-state index in [2.05, 4.69) is 0 Å². The van der Waals surface area contributed by atoms with Gasteiger partial charge in [0.25, 0.3) is 0 Å². The predicted octanol–water partition coefficient (Wildman–Crippen LogP) is 1.78. The molecule has 2 fully saturated rings. The Morgan fingerprint density at radius 3 is 3.00 bits per heavy atom. The van der Waals surface area contributed by atoms with E-state index in [-0.39, 0.29) is 17.2 Å². The van der Waals surface area contributed by atoms with Crippen molar-refractivity contribution in [3.8, 4) is 0 Å². The van der Waals surface area contributed by atoms with Gasteiger partial charge in [-0.25, -0.2) is 0 Å². The fraction of sp³-hybridized carbons (Fsp3) is 0.647. The van der Waals surface area contributed by atoms with Crippen LogP contribution >= 0.6 is 11.3 Å². The molecule has 2 aliphatic heterocycles. The molecule has 0 radical (unpaired) electrons. The first-order valence-corrected chi connectivity index (χ1v) is 9.16. The van der Waals surface area contributed by atoms with Crippen LogP contribution in [0.15, 0.2) is 16.8 Å². The van der Waals surface area contributed by atoms with Crippen molar-refractivity contribution < 1.29 is 14.3 Å². The highest BCUT2D eigenvalue weighted by molar-refractivity contribution is 7.08. The third kappa shape index (κ3) is 3.43. The normalized spacial score (nSPS) is 24.7. The molecule has 2 saturated heterocycles. The van der Waals surface area contributed by atoms with Gasteiger partial charge >= 0.3 is 0 Å². The van der Waals surface area contributed by atoms with Gasteiger partial charge in [-0.15, -0.1) is 0 Å². The zero-order valence-corrected chi connectivity index (χ0v) is 14.4. The maximum Gasteiger partial charge on any atom is 0.230 e. The number of amides is 2. The number of methoxy groups -OCH3 is 1. The van der Waals surface area contributed by atoms with Crippen molar-refractivity contribution in [1.82, 2.24) is 9.80 Å². The molecule has 23 heavy (non-hydrogen) atoms. The summed E-state index contributed by atoms with van der Waals surface area (Å²) in [4.78, 5) is 29.2. The first-order chi connectivity index (χ1) is 11.1. The van der Waals surface area contributed by atoms with Crippen molar-refractivity contribution in [2.45, 2.75) is 25.7 Å². The molecule has 2 aliphatic rings. The maximum absolute atomic E-state index is 12.9. The summed E-state index contributed by atoms with van der Waals surface area (Å²) < 4.78 is 5.10. The van der Waals surface area contributed by atoms with Gasteiger partial charge in [0, 0.05) is 33.3 Å². The molecular formula is C17H24N2O3S. The van der Waals surface area contributed by atoms with Crippen molar-refractivity contribution >= 4 is 23.2 Å². The zero-order valence-electron chi connectivity index (χ0n) is 13.6. The van der Waals surface area contributed by atoms with Crippen LogP contribution in [0.4, 0.5) is 0 Å². The molecule has 0 saturated carbocycles. The lowest BCUT2D eigenvalue weighted by atomic mass is 9.78. The highest BCUT2D eigenvalue weighted by atomic mass is 32.1. The second-order valence-electron chi connectivity index (χ2n) is 6.54. The molecule has 0 N–H and O–H groups in total. The summed E-state index contributed by atoms with van der Waals surface area (Å²) in [5.74, 6) is 0.355. The molecule has 1 aromatic rings. The number of nitrogens with zero attached hydrogens (tertiary/aromatic N) is 2. The molecular weight excluding hydrogens is 312 g/mol. The molecule has 1 spiro atoms. The van der Waals surface area contributed by atoms with E-state index in [1.54, 1.807) is 18.4 Å². The van der Waals surface area contributed by atoms with Crippen LogP contribution in [0.5, 0.6) is 0 Å². The zero-order chi connectivity index (χ0) is 16.3. The number of carbonyl (C=O) groups excluding carboxylic acids is 2. The summed E-state index contributed by atoms with van der Waals surface area (Å²) in [5, 5.41) is 4.01. The van der Waals surface area contributed by atoms with Gasteiger partial charge in [0.05, 0.1) is 18.4 Å². The van der Waals surface area contributed by atoms with Gasteiger partial charge in [-0.05, 0) is 41.7 Å². The molecule has 1 atom stereocenters. The number of likely N-dealkylation sites (tertiary alicyclic amines) is 2. The highest BCUT2D eigenvalue weighted by Gasteiger charge is 2.49. The fourth-order valence-electron chi connectivity index (χ4n) is 3.71. The monoisotopic (exact) mass is 336 g/mol. The van der Waals surface area contributed by atoms with Gasteiger partial charge in [-0.2, -0.15) is 11.3 Å². The van der Waals surface area contributed by atoms with Crippen molar-refractivity contribution in [2.24, 2.45) is 5.41 Å². The molecule has 3 rings (SSSR count). The Kier molecular flexibility index (Phi) is 5.02. The van der Waals surface area contributed by atoms with Crippen LogP contribution in [0.25, 0.3) is 0 Å². The van der Waals surface area contributed by atoms with E-state index < -0.39 is 0 Å².